The Morgan fingerprint density at radius 2 is 1.14 bits per heavy atom. The zero-order valence-corrected chi connectivity index (χ0v) is 32.3. The SMILES string of the molecule is CCCCCCCCCC[C@@H](OCOC)[C@H]1CC[C@H]([C@H]2CC[C@H]([C@@H](CCCCCCCCC[C@@H](O)CCC3=C[C@H](C)OC3=O)OCOC)O2)O1. The topological polar surface area (TPSA) is 102 Å². The molecule has 0 aliphatic carbocycles. The van der Waals surface area contributed by atoms with Crippen molar-refractivity contribution in [1.29, 1.82) is 0 Å². The van der Waals surface area contributed by atoms with Gasteiger partial charge in [-0.15, -0.1) is 0 Å². The van der Waals surface area contributed by atoms with Gasteiger partial charge >= 0.3 is 5.97 Å². The minimum absolute atomic E-state index is 0.0449. The lowest BCUT2D eigenvalue weighted by molar-refractivity contribution is -0.158. The largest absolute Gasteiger partial charge is 0.455 e. The highest BCUT2D eigenvalue weighted by Gasteiger charge is 2.41. The molecule has 1 N–H and O–H groups in total. The monoisotopic (exact) mass is 711 g/mol. The number of carbonyl (C=O) groups excluding carboxylic acids is 1. The van der Waals surface area contributed by atoms with Crippen molar-refractivity contribution in [2.45, 2.75) is 217 Å². The lowest BCUT2D eigenvalue weighted by Crippen LogP contribution is -2.35. The molecule has 3 heterocycles. The molecule has 0 bridgehead atoms. The highest BCUT2D eigenvalue weighted by Crippen LogP contribution is 2.36. The van der Waals surface area contributed by atoms with E-state index in [1.807, 2.05) is 13.0 Å². The van der Waals surface area contributed by atoms with Gasteiger partial charge in [-0.1, -0.05) is 103 Å². The molecule has 9 heteroatoms. The molecule has 2 fully saturated rings. The third-order valence-corrected chi connectivity index (χ3v) is 10.8. The van der Waals surface area contributed by atoms with Gasteiger partial charge in [0.15, 0.2) is 0 Å². The fourth-order valence-electron chi connectivity index (χ4n) is 7.91. The fourth-order valence-corrected chi connectivity index (χ4v) is 7.91. The van der Waals surface area contributed by atoms with Crippen molar-refractivity contribution in [3.8, 4) is 0 Å². The summed E-state index contributed by atoms with van der Waals surface area (Å²) in [5.41, 5.74) is 0.712. The van der Waals surface area contributed by atoms with E-state index in [-0.39, 0.29) is 54.8 Å². The van der Waals surface area contributed by atoms with Crippen molar-refractivity contribution >= 4 is 5.97 Å². The number of hydrogen-bond acceptors (Lipinski definition) is 9. The Morgan fingerprint density at radius 3 is 1.58 bits per heavy atom. The summed E-state index contributed by atoms with van der Waals surface area (Å²) in [7, 11) is 3.37. The van der Waals surface area contributed by atoms with Crippen LogP contribution in [-0.4, -0.2) is 87.7 Å². The van der Waals surface area contributed by atoms with Crippen molar-refractivity contribution in [2.75, 3.05) is 27.8 Å². The molecule has 9 nitrogen and oxygen atoms in total. The van der Waals surface area contributed by atoms with Gasteiger partial charge in [-0.25, -0.2) is 4.79 Å². The second kappa shape index (κ2) is 26.7. The summed E-state index contributed by atoms with van der Waals surface area (Å²) in [6.07, 6.45) is 28.6. The Bertz CT molecular complexity index is 897. The minimum atomic E-state index is -0.348. The van der Waals surface area contributed by atoms with Crippen LogP contribution in [0, 0.1) is 0 Å². The normalized spacial score (nSPS) is 25.6. The van der Waals surface area contributed by atoms with Gasteiger partial charge in [0.1, 0.15) is 19.7 Å². The Balaban J connectivity index is 1.27. The molecule has 8 atom stereocenters. The molecular weight excluding hydrogens is 636 g/mol. The van der Waals surface area contributed by atoms with Crippen molar-refractivity contribution in [3.63, 3.8) is 0 Å². The van der Waals surface area contributed by atoms with Gasteiger partial charge in [0.05, 0.1) is 42.7 Å². The number of rotatable bonds is 31. The number of aliphatic hydroxyl groups excluding tert-OH is 1. The predicted molar refractivity (Wildman–Crippen MR) is 197 cm³/mol. The van der Waals surface area contributed by atoms with Crippen LogP contribution in [0.15, 0.2) is 11.6 Å². The molecule has 0 aromatic rings. The second-order valence-corrected chi connectivity index (χ2v) is 15.1. The summed E-state index contributed by atoms with van der Waals surface area (Å²) >= 11 is 0. The maximum Gasteiger partial charge on any atom is 0.334 e. The Morgan fingerprint density at radius 1 is 0.680 bits per heavy atom. The number of esters is 1. The average molecular weight is 711 g/mol. The van der Waals surface area contributed by atoms with E-state index in [1.54, 1.807) is 14.2 Å². The summed E-state index contributed by atoms with van der Waals surface area (Å²) in [5, 5.41) is 10.3. The van der Waals surface area contributed by atoms with Gasteiger partial charge in [-0.3, -0.25) is 0 Å². The molecule has 3 aliphatic heterocycles. The molecule has 0 aromatic heterocycles. The van der Waals surface area contributed by atoms with Crippen molar-refractivity contribution in [3.05, 3.63) is 11.6 Å². The molecule has 0 saturated carbocycles. The van der Waals surface area contributed by atoms with Crippen molar-refractivity contribution in [1.82, 2.24) is 0 Å². The molecular formula is C41H74O9. The Kier molecular flexibility index (Phi) is 23.1. The highest BCUT2D eigenvalue weighted by molar-refractivity contribution is 5.90. The van der Waals surface area contributed by atoms with Crippen LogP contribution in [-0.2, 0) is 38.0 Å². The van der Waals surface area contributed by atoms with Crippen LogP contribution in [0.2, 0.25) is 0 Å². The first-order valence-corrected chi connectivity index (χ1v) is 20.6. The summed E-state index contributed by atoms with van der Waals surface area (Å²) < 4.78 is 41.3. The first-order chi connectivity index (χ1) is 24.4. The smallest absolute Gasteiger partial charge is 0.334 e. The van der Waals surface area contributed by atoms with E-state index in [0.717, 1.165) is 64.2 Å². The van der Waals surface area contributed by atoms with E-state index < -0.39 is 0 Å². The highest BCUT2D eigenvalue weighted by atomic mass is 16.7. The van der Waals surface area contributed by atoms with Crippen LogP contribution in [0.3, 0.4) is 0 Å². The molecule has 0 amide bonds. The molecule has 3 rings (SSSR count). The zero-order chi connectivity index (χ0) is 35.8. The zero-order valence-electron chi connectivity index (χ0n) is 32.3. The molecule has 3 aliphatic rings. The Labute approximate surface area is 304 Å². The quantitative estimate of drug-likeness (QED) is 0.0429. The maximum atomic E-state index is 11.7. The molecule has 50 heavy (non-hydrogen) atoms. The van der Waals surface area contributed by atoms with Crippen LogP contribution in [0.5, 0.6) is 0 Å². The molecule has 2 saturated heterocycles. The molecule has 0 aromatic carbocycles. The van der Waals surface area contributed by atoms with Crippen molar-refractivity contribution < 1.29 is 43.1 Å². The van der Waals surface area contributed by atoms with Gasteiger partial charge < -0.3 is 38.3 Å². The number of ether oxygens (including phenoxy) is 7. The first kappa shape index (κ1) is 43.3. The number of hydrogen-bond donors (Lipinski definition) is 1. The van der Waals surface area contributed by atoms with Crippen molar-refractivity contribution in [2.24, 2.45) is 0 Å². The van der Waals surface area contributed by atoms with Crippen LogP contribution < -0.4 is 0 Å². The van der Waals surface area contributed by atoms with Crippen LogP contribution in [0.1, 0.15) is 168 Å². The Hall–Kier alpha value is -1.07. The molecule has 0 unspecified atom stereocenters. The number of unbranched alkanes of at least 4 members (excludes halogenated alkanes) is 13. The molecule has 0 radical (unpaired) electrons. The average Bonchev–Trinajstić information content (AvgIpc) is 3.87. The van der Waals surface area contributed by atoms with Gasteiger partial charge in [0, 0.05) is 19.8 Å². The first-order valence-electron chi connectivity index (χ1n) is 20.6. The molecule has 292 valence electrons. The number of cyclic esters (lactones) is 1. The summed E-state index contributed by atoms with van der Waals surface area (Å²) in [5.74, 6) is -0.226. The number of carbonyl (C=O) groups is 1. The van der Waals surface area contributed by atoms with E-state index in [4.69, 9.17) is 33.2 Å². The van der Waals surface area contributed by atoms with Gasteiger partial charge in [-0.05, 0) is 70.8 Å². The summed E-state index contributed by atoms with van der Waals surface area (Å²) in [6, 6.07) is 0. The maximum absolute atomic E-state index is 11.7. The van der Waals surface area contributed by atoms with E-state index >= 15 is 0 Å². The van der Waals surface area contributed by atoms with Crippen LogP contribution >= 0.6 is 0 Å². The van der Waals surface area contributed by atoms with E-state index in [1.165, 1.54) is 77.0 Å². The third-order valence-electron chi connectivity index (χ3n) is 10.8. The van der Waals surface area contributed by atoms with Crippen LogP contribution in [0.25, 0.3) is 0 Å². The number of methoxy groups -OCH3 is 2. The van der Waals surface area contributed by atoms with Gasteiger partial charge in [0.2, 0.25) is 0 Å². The standard InChI is InChI=1S/C41H74O9/c1-5-6-7-8-9-12-15-18-21-35(46-30-44-3)37-25-27-39(49-37)40-28-26-38(50-40)36(47-31-45-4)22-19-16-13-10-11-14-17-20-34(42)24-23-33-29-32(2)48-41(33)43/h29,32,34-40,42H,5-28,30-31H2,1-4H3/t32-,34+,35+,36+,37+,38+,39+,40+/m0/s1. The lowest BCUT2D eigenvalue weighted by atomic mass is 9.99. The lowest BCUT2D eigenvalue weighted by Gasteiger charge is -2.27. The summed E-state index contributed by atoms with van der Waals surface area (Å²) in [4.78, 5) is 11.7. The van der Waals surface area contributed by atoms with Gasteiger partial charge in [-0.2, -0.15) is 0 Å². The van der Waals surface area contributed by atoms with E-state index in [2.05, 4.69) is 6.92 Å². The predicted octanol–water partition coefficient (Wildman–Crippen LogP) is 9.11. The minimum Gasteiger partial charge on any atom is -0.455 e. The third kappa shape index (κ3) is 17.2. The van der Waals surface area contributed by atoms with E-state index in [0.29, 0.717) is 32.0 Å². The van der Waals surface area contributed by atoms with Gasteiger partial charge in [0.25, 0.3) is 0 Å². The van der Waals surface area contributed by atoms with Crippen LogP contribution in [0.4, 0.5) is 0 Å². The summed E-state index contributed by atoms with van der Waals surface area (Å²) in [6.45, 7) is 4.74. The van der Waals surface area contributed by atoms with E-state index in [9.17, 15) is 9.90 Å². The number of aliphatic hydroxyl groups is 1. The molecule has 0 spiro atoms. The fraction of sp³-hybridized carbons (Fsp3) is 0.927. The second-order valence-electron chi connectivity index (χ2n) is 15.1.